The summed E-state index contributed by atoms with van der Waals surface area (Å²) in [5.74, 6) is -0.711. The van der Waals surface area contributed by atoms with Gasteiger partial charge in [0.25, 0.3) is 0 Å². The number of carboxylic acids is 1. The Morgan fingerprint density at radius 1 is 1.10 bits per heavy atom. The minimum atomic E-state index is -0.790. The van der Waals surface area contributed by atoms with Crippen molar-refractivity contribution in [1.82, 2.24) is 4.90 Å². The van der Waals surface area contributed by atoms with E-state index in [0.717, 1.165) is 38.6 Å². The minimum absolute atomic E-state index is 0.0590. The molecule has 2 fully saturated rings. The van der Waals surface area contributed by atoms with E-state index in [0.29, 0.717) is 12.8 Å². The Labute approximate surface area is 121 Å². The first kappa shape index (κ1) is 15.3. The second-order valence-electron chi connectivity index (χ2n) is 6.61. The van der Waals surface area contributed by atoms with E-state index in [1.165, 1.54) is 12.8 Å². The quantitative estimate of drug-likeness (QED) is 0.864. The van der Waals surface area contributed by atoms with E-state index >= 15 is 0 Å². The summed E-state index contributed by atoms with van der Waals surface area (Å²) >= 11 is 0. The van der Waals surface area contributed by atoms with Crippen molar-refractivity contribution in [2.24, 2.45) is 5.41 Å². The molecular weight excluding hydrogens is 254 g/mol. The first-order valence-corrected chi connectivity index (χ1v) is 8.08. The number of amides is 1. The lowest BCUT2D eigenvalue weighted by molar-refractivity contribution is -0.156. The molecule has 0 aromatic rings. The summed E-state index contributed by atoms with van der Waals surface area (Å²) in [7, 11) is 0. The van der Waals surface area contributed by atoms with E-state index in [4.69, 9.17) is 0 Å². The van der Waals surface area contributed by atoms with Crippen LogP contribution in [-0.4, -0.2) is 34.5 Å². The number of likely N-dealkylation sites (tertiary alicyclic amines) is 1. The van der Waals surface area contributed by atoms with Crippen molar-refractivity contribution in [3.05, 3.63) is 0 Å². The molecule has 0 radical (unpaired) electrons. The number of aliphatic carboxylic acids is 1. The molecule has 2 rings (SSSR count). The number of nitrogens with zero attached hydrogens (tertiary/aromatic N) is 1. The largest absolute Gasteiger partial charge is 0.481 e. The molecule has 0 spiro atoms. The Bertz CT molecular complexity index is 361. The molecule has 1 unspecified atom stereocenters. The van der Waals surface area contributed by atoms with Crippen molar-refractivity contribution in [2.75, 3.05) is 6.54 Å². The molecule has 0 aromatic carbocycles. The maximum absolute atomic E-state index is 12.6. The SMILES string of the molecule is CC1CCCCCN1C(=O)CC1(C(=O)O)CCCCC1. The lowest BCUT2D eigenvalue weighted by Gasteiger charge is -2.36. The molecule has 1 aliphatic carbocycles. The third kappa shape index (κ3) is 3.33. The maximum atomic E-state index is 12.6. The molecule has 1 aliphatic heterocycles. The lowest BCUT2D eigenvalue weighted by Crippen LogP contribution is -2.44. The summed E-state index contributed by atoms with van der Waals surface area (Å²) in [6.45, 7) is 2.90. The smallest absolute Gasteiger partial charge is 0.310 e. The van der Waals surface area contributed by atoms with Crippen LogP contribution in [0.1, 0.15) is 71.1 Å². The average molecular weight is 281 g/mol. The maximum Gasteiger partial charge on any atom is 0.310 e. The van der Waals surface area contributed by atoms with E-state index in [1.807, 2.05) is 4.90 Å². The molecule has 4 heteroatoms. The summed E-state index contributed by atoms with van der Waals surface area (Å²) in [5, 5.41) is 9.59. The molecule has 1 amide bonds. The van der Waals surface area contributed by atoms with Gasteiger partial charge >= 0.3 is 5.97 Å². The second-order valence-corrected chi connectivity index (χ2v) is 6.61. The van der Waals surface area contributed by atoms with Gasteiger partial charge in [-0.2, -0.15) is 0 Å². The number of hydrogen-bond acceptors (Lipinski definition) is 2. The van der Waals surface area contributed by atoms with Crippen LogP contribution < -0.4 is 0 Å². The molecule has 114 valence electrons. The fourth-order valence-corrected chi connectivity index (χ4v) is 3.73. The Morgan fingerprint density at radius 3 is 2.40 bits per heavy atom. The Hall–Kier alpha value is -1.06. The normalized spacial score (nSPS) is 26.9. The van der Waals surface area contributed by atoms with Gasteiger partial charge in [-0.05, 0) is 32.6 Å². The number of carbonyl (C=O) groups excluding carboxylic acids is 1. The van der Waals surface area contributed by atoms with Crippen LogP contribution in [0.4, 0.5) is 0 Å². The van der Waals surface area contributed by atoms with Crippen LogP contribution in [0.3, 0.4) is 0 Å². The molecular formula is C16H27NO3. The van der Waals surface area contributed by atoms with Crippen LogP contribution in [-0.2, 0) is 9.59 Å². The zero-order chi connectivity index (χ0) is 14.6. The number of carbonyl (C=O) groups is 2. The van der Waals surface area contributed by atoms with Gasteiger partial charge in [0.1, 0.15) is 0 Å². The number of carboxylic acid groups (broad SMARTS) is 1. The Morgan fingerprint density at radius 2 is 1.75 bits per heavy atom. The molecule has 1 saturated carbocycles. The number of rotatable bonds is 3. The highest BCUT2D eigenvalue weighted by Gasteiger charge is 2.42. The van der Waals surface area contributed by atoms with Crippen LogP contribution in [0.15, 0.2) is 0 Å². The van der Waals surface area contributed by atoms with Crippen LogP contribution in [0.2, 0.25) is 0 Å². The molecule has 4 nitrogen and oxygen atoms in total. The molecule has 1 heterocycles. The van der Waals surface area contributed by atoms with Gasteiger partial charge in [0.05, 0.1) is 5.41 Å². The van der Waals surface area contributed by atoms with Gasteiger partial charge in [0.2, 0.25) is 5.91 Å². The fourth-order valence-electron chi connectivity index (χ4n) is 3.73. The lowest BCUT2D eigenvalue weighted by atomic mass is 9.71. The Kier molecular flexibility index (Phi) is 5.06. The average Bonchev–Trinajstić information content (AvgIpc) is 2.64. The van der Waals surface area contributed by atoms with Gasteiger partial charge in [-0.25, -0.2) is 0 Å². The van der Waals surface area contributed by atoms with Gasteiger partial charge in [0, 0.05) is 19.0 Å². The Balaban J connectivity index is 2.05. The molecule has 1 N–H and O–H groups in total. The van der Waals surface area contributed by atoms with E-state index in [-0.39, 0.29) is 18.4 Å². The van der Waals surface area contributed by atoms with Gasteiger partial charge in [-0.1, -0.05) is 32.1 Å². The predicted molar refractivity (Wildman–Crippen MR) is 77.4 cm³/mol. The van der Waals surface area contributed by atoms with Crippen molar-refractivity contribution < 1.29 is 14.7 Å². The zero-order valence-corrected chi connectivity index (χ0v) is 12.6. The molecule has 1 atom stereocenters. The third-order valence-electron chi connectivity index (χ3n) is 5.13. The summed E-state index contributed by atoms with van der Waals surface area (Å²) in [6, 6.07) is 0.263. The molecule has 1 saturated heterocycles. The van der Waals surface area contributed by atoms with E-state index in [2.05, 4.69) is 6.92 Å². The van der Waals surface area contributed by atoms with Crippen molar-refractivity contribution in [3.63, 3.8) is 0 Å². The number of hydrogen-bond donors (Lipinski definition) is 1. The van der Waals surface area contributed by atoms with Crippen LogP contribution >= 0.6 is 0 Å². The standard InChI is InChI=1S/C16H27NO3/c1-13-8-4-2-7-11-17(13)14(18)12-16(15(19)20)9-5-3-6-10-16/h13H,2-12H2,1H3,(H,19,20). The van der Waals surface area contributed by atoms with Crippen molar-refractivity contribution in [2.45, 2.75) is 77.2 Å². The highest BCUT2D eigenvalue weighted by molar-refractivity contribution is 5.85. The summed E-state index contributed by atoms with van der Waals surface area (Å²) in [6.07, 6.45) is 8.96. The van der Waals surface area contributed by atoms with Crippen molar-refractivity contribution >= 4 is 11.9 Å². The van der Waals surface area contributed by atoms with Gasteiger partial charge in [-0.15, -0.1) is 0 Å². The molecule has 0 aromatic heterocycles. The predicted octanol–water partition coefficient (Wildman–Crippen LogP) is 3.20. The van der Waals surface area contributed by atoms with Gasteiger partial charge in [0.15, 0.2) is 0 Å². The second kappa shape index (κ2) is 6.59. The van der Waals surface area contributed by atoms with Crippen LogP contribution in [0.5, 0.6) is 0 Å². The van der Waals surface area contributed by atoms with E-state index in [9.17, 15) is 14.7 Å². The fraction of sp³-hybridized carbons (Fsp3) is 0.875. The molecule has 2 aliphatic rings. The van der Waals surface area contributed by atoms with Crippen molar-refractivity contribution in [3.8, 4) is 0 Å². The van der Waals surface area contributed by atoms with Gasteiger partial charge in [-0.3, -0.25) is 9.59 Å². The first-order valence-electron chi connectivity index (χ1n) is 8.08. The topological polar surface area (TPSA) is 57.6 Å². The summed E-state index contributed by atoms with van der Waals surface area (Å²) in [5.41, 5.74) is -0.790. The van der Waals surface area contributed by atoms with Crippen molar-refractivity contribution in [1.29, 1.82) is 0 Å². The monoisotopic (exact) mass is 281 g/mol. The zero-order valence-electron chi connectivity index (χ0n) is 12.6. The molecule has 20 heavy (non-hydrogen) atoms. The summed E-state index contributed by atoms with van der Waals surface area (Å²) in [4.78, 5) is 26.2. The third-order valence-corrected chi connectivity index (χ3v) is 5.13. The highest BCUT2D eigenvalue weighted by Crippen LogP contribution is 2.40. The van der Waals surface area contributed by atoms with Crippen LogP contribution in [0.25, 0.3) is 0 Å². The van der Waals surface area contributed by atoms with Gasteiger partial charge < -0.3 is 10.0 Å². The van der Waals surface area contributed by atoms with E-state index in [1.54, 1.807) is 0 Å². The van der Waals surface area contributed by atoms with E-state index < -0.39 is 11.4 Å². The van der Waals surface area contributed by atoms with Crippen LogP contribution in [0, 0.1) is 5.41 Å². The first-order chi connectivity index (χ1) is 9.55. The molecule has 0 bridgehead atoms. The highest BCUT2D eigenvalue weighted by atomic mass is 16.4. The minimum Gasteiger partial charge on any atom is -0.481 e. The summed E-state index contributed by atoms with van der Waals surface area (Å²) < 4.78 is 0.